The highest BCUT2D eigenvalue weighted by Crippen LogP contribution is 2.29. The number of carbonyl (C=O) groups is 2. The van der Waals surface area contributed by atoms with Crippen molar-refractivity contribution in [2.75, 3.05) is 26.2 Å². The van der Waals surface area contributed by atoms with Gasteiger partial charge in [-0.2, -0.15) is 4.68 Å². The molecule has 8 nitrogen and oxygen atoms in total. The smallest absolute Gasteiger partial charge is 0.255 e. The summed E-state index contributed by atoms with van der Waals surface area (Å²) in [4.78, 5) is 30.8. The fraction of sp³-hybridized carbons (Fsp3) is 0.400. The minimum Gasteiger partial charge on any atom is -0.339 e. The summed E-state index contributed by atoms with van der Waals surface area (Å²) in [6.45, 7) is 2.37. The monoisotopic (exact) mass is 476 g/mol. The molecule has 1 saturated heterocycles. The van der Waals surface area contributed by atoms with Crippen molar-refractivity contribution in [1.29, 1.82) is 0 Å². The van der Waals surface area contributed by atoms with Gasteiger partial charge in [-0.25, -0.2) is 0 Å². The van der Waals surface area contributed by atoms with Crippen molar-refractivity contribution in [1.82, 2.24) is 30.0 Å². The van der Waals surface area contributed by atoms with Crippen LogP contribution in [0.2, 0.25) is 0 Å². The zero-order chi connectivity index (χ0) is 23.3. The Balaban J connectivity index is 1.23. The Hall–Kier alpha value is -3.20. The number of tetrazole rings is 1. The molecular formula is C25H28N6O2S. The van der Waals surface area contributed by atoms with Gasteiger partial charge in [-0.1, -0.05) is 43.2 Å². The first-order valence-electron chi connectivity index (χ1n) is 11.8. The normalized spacial score (nSPS) is 16.7. The molecule has 3 aromatic rings. The van der Waals surface area contributed by atoms with Gasteiger partial charge in [-0.3, -0.25) is 9.59 Å². The van der Waals surface area contributed by atoms with E-state index in [-0.39, 0.29) is 17.7 Å². The van der Waals surface area contributed by atoms with Crippen molar-refractivity contribution in [3.05, 3.63) is 66.0 Å². The molecule has 0 bridgehead atoms. The molecule has 0 atom stereocenters. The average Bonchev–Trinajstić information content (AvgIpc) is 3.60. The number of carbonyl (C=O) groups excluding carboxylic acids is 2. The lowest BCUT2D eigenvalue weighted by molar-refractivity contribution is -0.136. The van der Waals surface area contributed by atoms with Crippen molar-refractivity contribution in [2.24, 2.45) is 5.92 Å². The van der Waals surface area contributed by atoms with Gasteiger partial charge in [0.15, 0.2) is 5.82 Å². The van der Waals surface area contributed by atoms with E-state index in [2.05, 4.69) is 15.5 Å². The van der Waals surface area contributed by atoms with Crippen LogP contribution >= 0.6 is 11.8 Å². The molecule has 9 heteroatoms. The van der Waals surface area contributed by atoms with Crippen LogP contribution < -0.4 is 0 Å². The van der Waals surface area contributed by atoms with Gasteiger partial charge in [0.2, 0.25) is 5.91 Å². The van der Waals surface area contributed by atoms with E-state index in [1.54, 1.807) is 16.4 Å². The summed E-state index contributed by atoms with van der Waals surface area (Å²) in [5.74, 6) is 1.73. The lowest BCUT2D eigenvalue weighted by Crippen LogP contribution is -2.51. The SMILES string of the molecule is O=C(c1ccccc1SCc1nnnn1-c1ccccc1)N1CCN(C(=O)C2CCCC2)CC1. The molecule has 2 heterocycles. The van der Waals surface area contributed by atoms with E-state index in [4.69, 9.17) is 0 Å². The maximum Gasteiger partial charge on any atom is 0.255 e. The zero-order valence-corrected chi connectivity index (χ0v) is 19.9. The van der Waals surface area contributed by atoms with Crippen molar-refractivity contribution in [3.8, 4) is 5.69 Å². The summed E-state index contributed by atoms with van der Waals surface area (Å²) in [7, 11) is 0. The standard InChI is InChI=1S/C25H28N6O2S/c32-24(19-8-4-5-9-19)29-14-16-30(17-15-29)25(33)21-12-6-7-13-22(21)34-18-23-26-27-28-31(23)20-10-2-1-3-11-20/h1-3,6-7,10-13,19H,4-5,8-9,14-18H2. The van der Waals surface area contributed by atoms with Gasteiger partial charge in [-0.15, -0.1) is 16.9 Å². The fourth-order valence-corrected chi connectivity index (χ4v) is 5.66. The quantitative estimate of drug-likeness (QED) is 0.507. The highest BCUT2D eigenvalue weighted by Gasteiger charge is 2.31. The molecule has 1 aliphatic carbocycles. The molecule has 1 saturated carbocycles. The van der Waals surface area contributed by atoms with Crippen LogP contribution in [0.25, 0.3) is 5.69 Å². The third-order valence-corrected chi connectivity index (χ3v) is 7.66. The Morgan fingerprint density at radius 1 is 0.882 bits per heavy atom. The second-order valence-corrected chi connectivity index (χ2v) is 9.74. The van der Waals surface area contributed by atoms with E-state index in [1.807, 2.05) is 64.4 Å². The highest BCUT2D eigenvalue weighted by molar-refractivity contribution is 7.98. The van der Waals surface area contributed by atoms with Crippen LogP contribution in [0.3, 0.4) is 0 Å². The second kappa shape index (κ2) is 10.4. The molecule has 2 fully saturated rings. The minimum absolute atomic E-state index is 0.0127. The molecule has 2 aliphatic rings. The van der Waals surface area contributed by atoms with Crippen LogP contribution in [0.15, 0.2) is 59.5 Å². The molecule has 176 valence electrons. The minimum atomic E-state index is 0.0127. The first kappa shape index (κ1) is 22.6. The Bertz CT molecular complexity index is 1140. The number of aromatic nitrogens is 4. The number of hydrogen-bond donors (Lipinski definition) is 0. The van der Waals surface area contributed by atoms with Gasteiger partial charge >= 0.3 is 0 Å². The summed E-state index contributed by atoms with van der Waals surface area (Å²) in [5, 5.41) is 12.1. The van der Waals surface area contributed by atoms with Gasteiger partial charge < -0.3 is 9.80 Å². The summed E-state index contributed by atoms with van der Waals surface area (Å²) >= 11 is 1.55. The van der Waals surface area contributed by atoms with Crippen LogP contribution in [0.1, 0.15) is 41.9 Å². The van der Waals surface area contributed by atoms with E-state index in [0.717, 1.165) is 42.1 Å². The van der Waals surface area contributed by atoms with E-state index in [1.165, 1.54) is 0 Å². The van der Waals surface area contributed by atoms with Crippen molar-refractivity contribution in [2.45, 2.75) is 36.3 Å². The molecule has 0 radical (unpaired) electrons. The third kappa shape index (κ3) is 4.84. The Morgan fingerprint density at radius 2 is 1.56 bits per heavy atom. The number of amides is 2. The third-order valence-electron chi connectivity index (χ3n) is 6.59. The van der Waals surface area contributed by atoms with Gasteiger partial charge in [-0.05, 0) is 47.5 Å². The molecule has 1 aromatic heterocycles. The molecule has 5 rings (SSSR count). The number of rotatable bonds is 6. The first-order chi connectivity index (χ1) is 16.7. The topological polar surface area (TPSA) is 84.2 Å². The highest BCUT2D eigenvalue weighted by atomic mass is 32.2. The van der Waals surface area contributed by atoms with E-state index >= 15 is 0 Å². The number of benzene rings is 2. The first-order valence-corrected chi connectivity index (χ1v) is 12.8. The number of hydrogen-bond acceptors (Lipinski definition) is 6. The van der Waals surface area contributed by atoms with Gasteiger partial charge in [0.05, 0.1) is 17.0 Å². The average molecular weight is 477 g/mol. The number of piperazine rings is 1. The summed E-state index contributed by atoms with van der Waals surface area (Å²) in [5.41, 5.74) is 1.58. The van der Waals surface area contributed by atoms with E-state index in [9.17, 15) is 9.59 Å². The van der Waals surface area contributed by atoms with Crippen LogP contribution in [-0.2, 0) is 10.5 Å². The van der Waals surface area contributed by atoms with Crippen molar-refractivity contribution in [3.63, 3.8) is 0 Å². The molecular weight excluding hydrogens is 448 g/mol. The Morgan fingerprint density at radius 3 is 2.32 bits per heavy atom. The molecule has 2 aromatic carbocycles. The van der Waals surface area contributed by atoms with Crippen LogP contribution in [0, 0.1) is 5.92 Å². The molecule has 0 spiro atoms. The lowest BCUT2D eigenvalue weighted by atomic mass is 10.1. The predicted octanol–water partition coefficient (Wildman–Crippen LogP) is 3.43. The van der Waals surface area contributed by atoms with Crippen molar-refractivity contribution >= 4 is 23.6 Å². The largest absolute Gasteiger partial charge is 0.339 e. The fourth-order valence-electron chi connectivity index (χ4n) is 4.71. The molecule has 34 heavy (non-hydrogen) atoms. The second-order valence-electron chi connectivity index (χ2n) is 8.73. The number of para-hydroxylation sites is 1. The van der Waals surface area contributed by atoms with Crippen LogP contribution in [-0.4, -0.2) is 68.0 Å². The number of nitrogens with zero attached hydrogens (tertiary/aromatic N) is 6. The predicted molar refractivity (Wildman–Crippen MR) is 130 cm³/mol. The Labute approximate surface area is 203 Å². The molecule has 1 aliphatic heterocycles. The summed E-state index contributed by atoms with van der Waals surface area (Å²) in [6.07, 6.45) is 4.33. The van der Waals surface area contributed by atoms with Crippen molar-refractivity contribution < 1.29 is 9.59 Å². The molecule has 0 N–H and O–H groups in total. The van der Waals surface area contributed by atoms with Gasteiger partial charge in [0.25, 0.3) is 5.91 Å². The van der Waals surface area contributed by atoms with E-state index < -0.39 is 0 Å². The lowest BCUT2D eigenvalue weighted by Gasteiger charge is -2.36. The summed E-state index contributed by atoms with van der Waals surface area (Å²) in [6, 6.07) is 17.4. The summed E-state index contributed by atoms with van der Waals surface area (Å²) < 4.78 is 1.72. The van der Waals surface area contributed by atoms with Gasteiger partial charge in [0.1, 0.15) is 0 Å². The number of thioether (sulfide) groups is 1. The maximum absolute atomic E-state index is 13.4. The van der Waals surface area contributed by atoms with Crippen LogP contribution in [0.5, 0.6) is 0 Å². The van der Waals surface area contributed by atoms with E-state index in [0.29, 0.717) is 37.5 Å². The van der Waals surface area contributed by atoms with Gasteiger partial charge in [0, 0.05) is 37.0 Å². The Kier molecular flexibility index (Phi) is 6.89. The molecule has 0 unspecified atom stereocenters. The zero-order valence-electron chi connectivity index (χ0n) is 19.0. The van der Waals surface area contributed by atoms with Crippen LogP contribution in [0.4, 0.5) is 0 Å². The molecule has 2 amide bonds. The maximum atomic E-state index is 13.4.